The summed E-state index contributed by atoms with van der Waals surface area (Å²) in [5.41, 5.74) is 2.72. The zero-order valence-corrected chi connectivity index (χ0v) is 22.7. The van der Waals surface area contributed by atoms with Crippen LogP contribution in [0.5, 0.6) is 0 Å². The van der Waals surface area contributed by atoms with Crippen molar-refractivity contribution in [3.8, 4) is 17.1 Å². The Bertz CT molecular complexity index is 1460. The van der Waals surface area contributed by atoms with Crippen molar-refractivity contribution in [1.82, 2.24) is 29.5 Å². The first-order chi connectivity index (χ1) is 18.2. The maximum absolute atomic E-state index is 13.4. The van der Waals surface area contributed by atoms with Gasteiger partial charge in [0.1, 0.15) is 10.6 Å². The monoisotopic (exact) mass is 530 g/mol. The number of thioether (sulfide) groups is 1. The number of aromatic nitrogens is 4. The van der Waals surface area contributed by atoms with Gasteiger partial charge in [0.2, 0.25) is 0 Å². The highest BCUT2D eigenvalue weighted by molar-refractivity contribution is 7.98. The number of carbonyl (C=O) groups excluding carboxylic acids is 2. The van der Waals surface area contributed by atoms with Crippen LogP contribution in [-0.2, 0) is 4.74 Å². The fourth-order valence-corrected chi connectivity index (χ4v) is 4.89. The van der Waals surface area contributed by atoms with E-state index in [-0.39, 0.29) is 12.0 Å². The second-order valence-corrected chi connectivity index (χ2v) is 10.8. The third-order valence-electron chi connectivity index (χ3n) is 6.24. The number of piperazine rings is 1. The standard InChI is InChI=1S/C28H30N6O3S/c1-28(2,3)37-27(36)33-14-12-32(13-15-33)25(35)20-10-11-22-23(16-20)34(31-24(22)38-4)26-29-17-21(18-30-26)19-8-6-5-7-9-19/h5-11,16-18H,12-15H2,1-4H3. The molecular formula is C28H30N6O3S. The molecule has 1 aliphatic heterocycles. The highest BCUT2D eigenvalue weighted by Crippen LogP contribution is 2.29. The number of nitrogens with zero attached hydrogens (tertiary/aromatic N) is 6. The third-order valence-corrected chi connectivity index (χ3v) is 6.93. The topological polar surface area (TPSA) is 93.5 Å². The average molecular weight is 531 g/mol. The minimum atomic E-state index is -0.552. The Labute approximate surface area is 225 Å². The third kappa shape index (κ3) is 5.35. The van der Waals surface area contributed by atoms with Crippen molar-refractivity contribution < 1.29 is 14.3 Å². The van der Waals surface area contributed by atoms with E-state index in [1.807, 2.05) is 75.6 Å². The molecule has 0 aliphatic carbocycles. The van der Waals surface area contributed by atoms with E-state index in [1.54, 1.807) is 26.9 Å². The summed E-state index contributed by atoms with van der Waals surface area (Å²) in [6, 6.07) is 15.5. The van der Waals surface area contributed by atoms with E-state index in [2.05, 4.69) is 9.97 Å². The van der Waals surface area contributed by atoms with E-state index in [0.717, 1.165) is 27.1 Å². The van der Waals surface area contributed by atoms with Gasteiger partial charge >= 0.3 is 6.09 Å². The lowest BCUT2D eigenvalue weighted by molar-refractivity contribution is 0.0141. The van der Waals surface area contributed by atoms with Crippen LogP contribution in [0.3, 0.4) is 0 Å². The van der Waals surface area contributed by atoms with Crippen LogP contribution >= 0.6 is 11.8 Å². The van der Waals surface area contributed by atoms with Gasteiger partial charge in [-0.3, -0.25) is 4.79 Å². The first-order valence-electron chi connectivity index (χ1n) is 12.5. The lowest BCUT2D eigenvalue weighted by Crippen LogP contribution is -2.51. The van der Waals surface area contributed by atoms with E-state index in [9.17, 15) is 9.59 Å². The van der Waals surface area contributed by atoms with Crippen LogP contribution in [0.2, 0.25) is 0 Å². The first kappa shape index (κ1) is 25.7. The Morgan fingerprint density at radius 1 is 0.895 bits per heavy atom. The lowest BCUT2D eigenvalue weighted by Gasteiger charge is -2.35. The molecule has 4 aromatic rings. The van der Waals surface area contributed by atoms with Gasteiger partial charge < -0.3 is 14.5 Å². The molecule has 1 aliphatic rings. The van der Waals surface area contributed by atoms with Crippen LogP contribution in [0.1, 0.15) is 31.1 Å². The molecule has 0 N–H and O–H groups in total. The highest BCUT2D eigenvalue weighted by atomic mass is 32.2. The Hall–Kier alpha value is -3.92. The van der Waals surface area contributed by atoms with Gasteiger partial charge in [-0.25, -0.2) is 14.8 Å². The molecule has 38 heavy (non-hydrogen) atoms. The van der Waals surface area contributed by atoms with Crippen LogP contribution in [0, 0.1) is 0 Å². The summed E-state index contributed by atoms with van der Waals surface area (Å²) >= 11 is 1.53. The van der Waals surface area contributed by atoms with Gasteiger partial charge in [0.25, 0.3) is 11.9 Å². The summed E-state index contributed by atoms with van der Waals surface area (Å²) in [5.74, 6) is 0.347. The molecule has 1 fully saturated rings. The van der Waals surface area contributed by atoms with Crippen molar-refractivity contribution in [2.24, 2.45) is 0 Å². The fraction of sp³-hybridized carbons (Fsp3) is 0.321. The Morgan fingerprint density at radius 2 is 1.55 bits per heavy atom. The Morgan fingerprint density at radius 3 is 2.18 bits per heavy atom. The molecule has 2 aromatic heterocycles. The number of amides is 2. The molecule has 0 saturated carbocycles. The van der Waals surface area contributed by atoms with E-state index in [4.69, 9.17) is 9.84 Å². The smallest absolute Gasteiger partial charge is 0.410 e. The first-order valence-corrected chi connectivity index (χ1v) is 13.7. The molecule has 2 aromatic carbocycles. The molecule has 3 heterocycles. The van der Waals surface area contributed by atoms with Crippen LogP contribution in [0.4, 0.5) is 4.79 Å². The van der Waals surface area contributed by atoms with Crippen molar-refractivity contribution in [3.05, 3.63) is 66.5 Å². The summed E-state index contributed by atoms with van der Waals surface area (Å²) in [6.07, 6.45) is 5.18. The number of carbonyl (C=O) groups is 2. The molecule has 0 spiro atoms. The predicted molar refractivity (Wildman–Crippen MR) is 148 cm³/mol. The second kappa shape index (κ2) is 10.4. The molecule has 0 radical (unpaired) electrons. The van der Waals surface area contributed by atoms with Crippen LogP contribution in [-0.4, -0.2) is 79.6 Å². The molecule has 0 unspecified atom stereocenters. The number of hydrogen-bond donors (Lipinski definition) is 0. The van der Waals surface area contributed by atoms with Gasteiger partial charge in [-0.2, -0.15) is 9.78 Å². The van der Waals surface area contributed by atoms with Crippen molar-refractivity contribution in [2.45, 2.75) is 31.4 Å². The Balaban J connectivity index is 1.37. The maximum Gasteiger partial charge on any atom is 0.410 e. The lowest BCUT2D eigenvalue weighted by atomic mass is 10.1. The zero-order valence-electron chi connectivity index (χ0n) is 21.9. The normalized spacial score (nSPS) is 14.1. The van der Waals surface area contributed by atoms with Crippen LogP contribution in [0.15, 0.2) is 66.0 Å². The van der Waals surface area contributed by atoms with Gasteiger partial charge in [-0.05, 0) is 50.8 Å². The number of hydrogen-bond acceptors (Lipinski definition) is 7. The summed E-state index contributed by atoms with van der Waals surface area (Å²) in [6.45, 7) is 7.27. The van der Waals surface area contributed by atoms with Crippen molar-refractivity contribution >= 4 is 34.7 Å². The fourth-order valence-electron chi connectivity index (χ4n) is 4.33. The van der Waals surface area contributed by atoms with Crippen molar-refractivity contribution in [1.29, 1.82) is 0 Å². The largest absolute Gasteiger partial charge is 0.444 e. The minimum Gasteiger partial charge on any atom is -0.444 e. The predicted octanol–water partition coefficient (Wildman–Crippen LogP) is 4.90. The molecule has 10 heteroatoms. The van der Waals surface area contributed by atoms with Crippen molar-refractivity contribution in [2.75, 3.05) is 32.4 Å². The van der Waals surface area contributed by atoms with Crippen LogP contribution < -0.4 is 0 Å². The number of fused-ring (bicyclic) bond motifs is 1. The van der Waals surface area contributed by atoms with Crippen molar-refractivity contribution in [3.63, 3.8) is 0 Å². The van der Waals surface area contributed by atoms with E-state index in [0.29, 0.717) is 37.7 Å². The molecular weight excluding hydrogens is 500 g/mol. The molecule has 0 bridgehead atoms. The summed E-state index contributed by atoms with van der Waals surface area (Å²) in [5, 5.41) is 6.49. The summed E-state index contributed by atoms with van der Waals surface area (Å²) in [7, 11) is 0. The van der Waals surface area contributed by atoms with Gasteiger partial charge in [-0.15, -0.1) is 11.8 Å². The molecule has 5 rings (SSSR count). The molecule has 9 nitrogen and oxygen atoms in total. The maximum atomic E-state index is 13.4. The Kier molecular flexibility index (Phi) is 7.07. The molecule has 2 amide bonds. The quantitative estimate of drug-likeness (QED) is 0.347. The number of ether oxygens (including phenoxy) is 1. The van der Waals surface area contributed by atoms with Gasteiger partial charge in [0, 0.05) is 55.1 Å². The second-order valence-electron chi connectivity index (χ2n) is 10.1. The average Bonchev–Trinajstić information content (AvgIpc) is 3.30. The number of rotatable bonds is 4. The minimum absolute atomic E-state index is 0.0884. The van der Waals surface area contributed by atoms with E-state index < -0.39 is 5.60 Å². The van der Waals surface area contributed by atoms with E-state index in [1.165, 1.54) is 11.8 Å². The summed E-state index contributed by atoms with van der Waals surface area (Å²) in [4.78, 5) is 38.3. The van der Waals surface area contributed by atoms with Crippen LogP contribution in [0.25, 0.3) is 28.0 Å². The highest BCUT2D eigenvalue weighted by Gasteiger charge is 2.28. The molecule has 1 saturated heterocycles. The molecule has 196 valence electrons. The van der Waals surface area contributed by atoms with Gasteiger partial charge in [0.05, 0.1) is 5.52 Å². The zero-order chi connectivity index (χ0) is 26.9. The van der Waals surface area contributed by atoms with E-state index >= 15 is 0 Å². The molecule has 0 atom stereocenters. The van der Waals surface area contributed by atoms with Gasteiger partial charge in [0.15, 0.2) is 0 Å². The summed E-state index contributed by atoms with van der Waals surface area (Å²) < 4.78 is 7.15. The SMILES string of the molecule is CSc1nn(-c2ncc(-c3ccccc3)cn2)c2cc(C(=O)N3CCN(C(=O)OC(C)(C)C)CC3)ccc12. The number of benzene rings is 2. The van der Waals surface area contributed by atoms with Gasteiger partial charge in [-0.1, -0.05) is 30.3 Å².